The van der Waals surface area contributed by atoms with Gasteiger partial charge in [0.15, 0.2) is 0 Å². The Kier molecular flexibility index (Phi) is 8.53. The highest BCUT2D eigenvalue weighted by Crippen LogP contribution is 2.39. The molecule has 46 heavy (non-hydrogen) atoms. The number of hydrogen-bond acceptors (Lipinski definition) is 5. The molecule has 0 unspecified atom stereocenters. The summed E-state index contributed by atoms with van der Waals surface area (Å²) in [7, 11) is 0. The maximum Gasteiger partial charge on any atom is 0.254 e. The van der Waals surface area contributed by atoms with Crippen LogP contribution in [0, 0.1) is 5.92 Å². The summed E-state index contributed by atoms with van der Waals surface area (Å²) in [5.74, 6) is 0.265. The molecule has 2 bridgehead atoms. The van der Waals surface area contributed by atoms with Crippen molar-refractivity contribution in [3.05, 3.63) is 136 Å². The molecule has 3 aromatic carbocycles. The first kappa shape index (κ1) is 29.7. The third kappa shape index (κ3) is 6.53. The van der Waals surface area contributed by atoms with E-state index in [2.05, 4.69) is 45.4 Å². The fourth-order valence-electron chi connectivity index (χ4n) is 7.18. The second-order valence-electron chi connectivity index (χ2n) is 12.6. The number of pyridine rings is 1. The quantitative estimate of drug-likeness (QED) is 0.294. The van der Waals surface area contributed by atoms with E-state index in [9.17, 15) is 14.4 Å². The third-order valence-electron chi connectivity index (χ3n) is 9.46. The Hall–Kier alpha value is -4.95. The molecule has 3 aliphatic heterocycles. The van der Waals surface area contributed by atoms with Crippen molar-refractivity contribution in [2.75, 3.05) is 49.5 Å². The van der Waals surface area contributed by atoms with Crippen LogP contribution in [0.1, 0.15) is 39.5 Å². The monoisotopic (exact) mass is 613 g/mol. The molecular formula is C38H39N5O3. The van der Waals surface area contributed by atoms with E-state index in [0.29, 0.717) is 36.8 Å². The van der Waals surface area contributed by atoms with Crippen molar-refractivity contribution in [1.29, 1.82) is 0 Å². The summed E-state index contributed by atoms with van der Waals surface area (Å²) in [4.78, 5) is 46.2. The molecule has 2 saturated heterocycles. The number of fused-ring (bicyclic) bond motifs is 4. The number of hydrogen-bond donors (Lipinski definition) is 1. The molecule has 1 N–H and O–H groups in total. The maximum atomic E-state index is 13.8. The van der Waals surface area contributed by atoms with E-state index < -0.39 is 0 Å². The second kappa shape index (κ2) is 13.2. The van der Waals surface area contributed by atoms with Gasteiger partial charge in [-0.15, -0.1) is 0 Å². The van der Waals surface area contributed by atoms with Crippen LogP contribution in [-0.2, 0) is 17.9 Å². The number of carbonyl (C=O) groups is 2. The van der Waals surface area contributed by atoms with Gasteiger partial charge in [-0.25, -0.2) is 0 Å². The number of rotatable bonds is 7. The minimum atomic E-state index is -0.252. The van der Waals surface area contributed by atoms with Gasteiger partial charge in [0.1, 0.15) is 0 Å². The Morgan fingerprint density at radius 1 is 0.804 bits per heavy atom. The fourth-order valence-corrected chi connectivity index (χ4v) is 7.18. The lowest BCUT2D eigenvalue weighted by Crippen LogP contribution is -2.48. The van der Waals surface area contributed by atoms with Crippen LogP contribution in [-0.4, -0.2) is 65.4 Å². The molecule has 0 spiro atoms. The zero-order chi connectivity index (χ0) is 31.5. The topological polar surface area (TPSA) is 77.9 Å². The summed E-state index contributed by atoms with van der Waals surface area (Å²) < 4.78 is 1.93. The minimum absolute atomic E-state index is 0.0231. The molecule has 2 amide bonds. The number of piperazine rings is 1. The number of nitrogens with one attached hydrogen (secondary N) is 1. The molecule has 7 rings (SSSR count). The summed E-state index contributed by atoms with van der Waals surface area (Å²) in [5, 5.41) is 3.10. The fraction of sp³-hybridized carbons (Fsp3) is 0.289. The Morgan fingerprint density at radius 2 is 1.57 bits per heavy atom. The third-order valence-corrected chi connectivity index (χ3v) is 9.46. The van der Waals surface area contributed by atoms with Crippen molar-refractivity contribution in [1.82, 2.24) is 14.4 Å². The summed E-state index contributed by atoms with van der Waals surface area (Å²) in [6, 6.07) is 31.4. The van der Waals surface area contributed by atoms with Crippen LogP contribution in [0.3, 0.4) is 0 Å². The van der Waals surface area contributed by atoms with E-state index in [1.54, 1.807) is 12.1 Å². The van der Waals surface area contributed by atoms with Crippen LogP contribution in [0.15, 0.2) is 108 Å². The van der Waals surface area contributed by atoms with Crippen molar-refractivity contribution < 1.29 is 9.59 Å². The zero-order valence-electron chi connectivity index (χ0n) is 25.9. The number of piperidine rings is 1. The molecule has 2 atom stereocenters. The summed E-state index contributed by atoms with van der Waals surface area (Å²) >= 11 is 0. The first-order valence-corrected chi connectivity index (χ1v) is 16.2. The number of benzene rings is 3. The molecule has 234 valence electrons. The molecule has 4 heterocycles. The average Bonchev–Trinajstić information content (AvgIpc) is 3.09. The zero-order valence-corrected chi connectivity index (χ0v) is 25.9. The van der Waals surface area contributed by atoms with E-state index in [1.165, 1.54) is 11.6 Å². The Labute approximate surface area is 269 Å². The van der Waals surface area contributed by atoms with E-state index in [0.717, 1.165) is 56.1 Å². The predicted molar refractivity (Wildman–Crippen MR) is 182 cm³/mol. The van der Waals surface area contributed by atoms with Crippen molar-refractivity contribution in [2.24, 2.45) is 5.92 Å². The molecule has 3 aliphatic rings. The predicted octanol–water partition coefficient (Wildman–Crippen LogP) is 5.08. The van der Waals surface area contributed by atoms with Crippen molar-refractivity contribution in [3.8, 4) is 0 Å². The molecule has 4 aromatic rings. The van der Waals surface area contributed by atoms with Crippen LogP contribution in [0.25, 0.3) is 6.08 Å². The Bertz CT molecular complexity index is 1790. The lowest BCUT2D eigenvalue weighted by atomic mass is 9.83. The summed E-state index contributed by atoms with van der Waals surface area (Å²) in [6.07, 6.45) is 4.36. The van der Waals surface area contributed by atoms with Crippen LogP contribution >= 0.6 is 0 Å². The van der Waals surface area contributed by atoms with Crippen LogP contribution in [0.4, 0.5) is 11.4 Å². The van der Waals surface area contributed by atoms with Gasteiger partial charge in [-0.1, -0.05) is 66.7 Å². The number of anilines is 2. The highest BCUT2D eigenvalue weighted by atomic mass is 16.2. The second-order valence-corrected chi connectivity index (χ2v) is 12.6. The number of carbonyl (C=O) groups excluding carboxylic acids is 2. The van der Waals surface area contributed by atoms with E-state index in [4.69, 9.17) is 0 Å². The number of aromatic nitrogens is 1. The Morgan fingerprint density at radius 3 is 2.35 bits per heavy atom. The highest BCUT2D eigenvalue weighted by Gasteiger charge is 2.35. The van der Waals surface area contributed by atoms with Gasteiger partial charge >= 0.3 is 0 Å². The van der Waals surface area contributed by atoms with Gasteiger partial charge in [-0.05, 0) is 53.8 Å². The van der Waals surface area contributed by atoms with Crippen molar-refractivity contribution in [3.63, 3.8) is 0 Å². The largest absolute Gasteiger partial charge is 0.369 e. The van der Waals surface area contributed by atoms with Crippen molar-refractivity contribution >= 4 is 29.3 Å². The lowest BCUT2D eigenvalue weighted by Gasteiger charge is -2.44. The summed E-state index contributed by atoms with van der Waals surface area (Å²) in [5.41, 5.74) is 5.43. The molecule has 8 heteroatoms. The van der Waals surface area contributed by atoms with Gasteiger partial charge in [0.2, 0.25) is 5.91 Å². The van der Waals surface area contributed by atoms with E-state index in [1.807, 2.05) is 70.1 Å². The van der Waals surface area contributed by atoms with E-state index in [-0.39, 0.29) is 23.3 Å². The molecule has 0 aliphatic carbocycles. The average molecular weight is 614 g/mol. The number of nitrogens with zero attached hydrogens (tertiary/aromatic N) is 4. The normalized spacial score (nSPS) is 19.6. The maximum absolute atomic E-state index is 13.8. The highest BCUT2D eigenvalue weighted by molar-refractivity contribution is 6.05. The first-order chi connectivity index (χ1) is 22.5. The van der Waals surface area contributed by atoms with Gasteiger partial charge in [-0.3, -0.25) is 19.3 Å². The lowest BCUT2D eigenvalue weighted by molar-refractivity contribution is -0.111. The van der Waals surface area contributed by atoms with Gasteiger partial charge in [0, 0.05) is 81.7 Å². The molecule has 0 saturated carbocycles. The standard InChI is InChI=1S/C38H39N5O3/c44-36(17-14-28-8-3-1-4-9-28)39-33-23-31(38(46)41-20-18-40(19-21-41)24-29-10-5-2-6-11-29)15-16-35(33)42-25-30-22-32(27-42)34-12-7-13-37(45)43(34)26-30/h1-17,23,30,32H,18-22,24-27H2,(H,39,44)/b17-14+/t30-,32+/m1/s1. The smallest absolute Gasteiger partial charge is 0.254 e. The SMILES string of the molecule is O=C(/C=C/c1ccccc1)Nc1cc(C(=O)N2CCN(Cc3ccccc3)CC2)ccc1N1C[C@H]2C[C@@H](C1)c1cccc(=O)n1C2. The molecule has 2 fully saturated rings. The molecule has 8 nitrogen and oxygen atoms in total. The van der Waals surface area contributed by atoms with Gasteiger partial charge in [-0.2, -0.15) is 0 Å². The van der Waals surface area contributed by atoms with Crippen LogP contribution in [0.5, 0.6) is 0 Å². The van der Waals surface area contributed by atoms with Gasteiger partial charge in [0.05, 0.1) is 11.4 Å². The van der Waals surface area contributed by atoms with E-state index >= 15 is 0 Å². The first-order valence-electron chi connectivity index (χ1n) is 16.2. The summed E-state index contributed by atoms with van der Waals surface area (Å²) in [6.45, 7) is 6.02. The van der Waals surface area contributed by atoms with Crippen LogP contribution in [0.2, 0.25) is 0 Å². The van der Waals surface area contributed by atoms with Crippen molar-refractivity contribution in [2.45, 2.75) is 25.4 Å². The molecule has 1 aromatic heterocycles. The van der Waals surface area contributed by atoms with Gasteiger partial charge < -0.3 is 19.7 Å². The molecule has 0 radical (unpaired) electrons. The van der Waals surface area contributed by atoms with Gasteiger partial charge in [0.25, 0.3) is 11.5 Å². The number of amides is 2. The molecular weight excluding hydrogens is 574 g/mol. The Balaban J connectivity index is 1.11. The minimum Gasteiger partial charge on any atom is -0.369 e. The van der Waals surface area contributed by atoms with Crippen LogP contribution < -0.4 is 15.8 Å².